The molecule has 0 amide bonds. The number of hydrogen-bond acceptors (Lipinski definition) is 12. The molecule has 0 aliphatic rings. The standard InChI is InChI=1S/2C18H33NO5.2Na/c2*1-2-3-4-5-6-7-8-9-10-11-12-13-17(22)24-18(23)15(19)14-16(20)21;;/h2*15H,2-14,19H2,1H3,(H,20,21);;/q;;2*+1/p-2/t2*15-;;/m00../s1. The molecule has 0 spiro atoms. The van der Waals surface area contributed by atoms with Crippen molar-refractivity contribution in [3.63, 3.8) is 0 Å². The molecular formula is C36H64N2Na2O10. The van der Waals surface area contributed by atoms with Gasteiger partial charge in [-0.3, -0.25) is 9.59 Å². The molecule has 0 aliphatic heterocycles. The van der Waals surface area contributed by atoms with Crippen LogP contribution in [0.15, 0.2) is 0 Å². The van der Waals surface area contributed by atoms with E-state index in [1.54, 1.807) is 0 Å². The third kappa shape index (κ3) is 41.6. The second-order valence-electron chi connectivity index (χ2n) is 12.5. The monoisotopic (exact) mass is 730 g/mol. The molecule has 0 aromatic rings. The minimum absolute atomic E-state index is 0. The van der Waals surface area contributed by atoms with E-state index in [2.05, 4.69) is 23.3 Å². The van der Waals surface area contributed by atoms with Crippen molar-refractivity contribution >= 4 is 35.8 Å². The van der Waals surface area contributed by atoms with Crippen LogP contribution >= 0.6 is 0 Å². The van der Waals surface area contributed by atoms with Crippen LogP contribution in [0.1, 0.15) is 181 Å². The van der Waals surface area contributed by atoms with Gasteiger partial charge in [-0.2, -0.15) is 0 Å². The van der Waals surface area contributed by atoms with Gasteiger partial charge in [-0.15, -0.1) is 0 Å². The normalized spacial score (nSPS) is 11.4. The summed E-state index contributed by atoms with van der Waals surface area (Å²) in [5, 5.41) is 20.6. The van der Waals surface area contributed by atoms with Gasteiger partial charge in [0.2, 0.25) is 0 Å². The van der Waals surface area contributed by atoms with E-state index in [9.17, 15) is 39.0 Å². The maximum Gasteiger partial charge on any atom is 1.00 e. The van der Waals surface area contributed by atoms with Crippen LogP contribution in [0.5, 0.6) is 0 Å². The zero-order chi connectivity index (χ0) is 36.4. The molecule has 0 aromatic heterocycles. The molecule has 0 rings (SSSR count). The molecule has 280 valence electrons. The van der Waals surface area contributed by atoms with Crippen LogP contribution in [0.2, 0.25) is 0 Å². The fourth-order valence-electron chi connectivity index (χ4n) is 4.87. The Hall–Kier alpha value is -0.860. The summed E-state index contributed by atoms with van der Waals surface area (Å²) in [4.78, 5) is 66.1. The van der Waals surface area contributed by atoms with Crippen molar-refractivity contribution in [3.05, 3.63) is 0 Å². The van der Waals surface area contributed by atoms with E-state index >= 15 is 0 Å². The summed E-state index contributed by atoms with van der Waals surface area (Å²) < 4.78 is 9.02. The Bertz CT molecular complexity index is 823. The zero-order valence-corrected chi connectivity index (χ0v) is 35.8. The van der Waals surface area contributed by atoms with Crippen molar-refractivity contribution in [2.75, 3.05) is 0 Å². The predicted octanol–water partition coefficient (Wildman–Crippen LogP) is -1.54. The molecule has 12 nitrogen and oxygen atoms in total. The molecule has 0 unspecified atom stereocenters. The molecule has 0 saturated heterocycles. The smallest absolute Gasteiger partial charge is 0.550 e. The molecule has 0 aliphatic carbocycles. The summed E-state index contributed by atoms with van der Waals surface area (Å²) in [6.07, 6.45) is 24.8. The average molecular weight is 731 g/mol. The maximum atomic E-state index is 11.4. The van der Waals surface area contributed by atoms with Crippen molar-refractivity contribution in [2.45, 2.75) is 193 Å². The number of esters is 4. The summed E-state index contributed by atoms with van der Waals surface area (Å²) in [6.45, 7) is 4.43. The quantitative estimate of drug-likeness (QED) is 0.0372. The van der Waals surface area contributed by atoms with Crippen molar-refractivity contribution < 1.29 is 108 Å². The Labute approximate surface area is 345 Å². The Kier molecular flexibility index (Phi) is 45.7. The molecule has 14 heteroatoms. The molecular weight excluding hydrogens is 666 g/mol. The number of unbranched alkanes of at least 4 members (excludes halogenated alkanes) is 20. The third-order valence-corrected chi connectivity index (χ3v) is 7.78. The zero-order valence-electron chi connectivity index (χ0n) is 31.8. The minimum Gasteiger partial charge on any atom is -0.550 e. The van der Waals surface area contributed by atoms with Crippen LogP contribution in [0, 0.1) is 0 Å². The Morgan fingerprint density at radius 3 is 0.880 bits per heavy atom. The second-order valence-corrected chi connectivity index (χ2v) is 12.5. The van der Waals surface area contributed by atoms with Gasteiger partial charge in [-0.05, 0) is 12.8 Å². The van der Waals surface area contributed by atoms with Crippen LogP contribution in [0.4, 0.5) is 0 Å². The van der Waals surface area contributed by atoms with Crippen LogP contribution in [0.3, 0.4) is 0 Å². The summed E-state index contributed by atoms with van der Waals surface area (Å²) in [5.41, 5.74) is 10.6. The number of carbonyl (C=O) groups is 6. The average Bonchev–Trinajstić information content (AvgIpc) is 3.02. The Balaban J connectivity index is -0.000000407. The summed E-state index contributed by atoms with van der Waals surface area (Å²) in [6, 6.07) is -2.70. The molecule has 4 N–H and O–H groups in total. The van der Waals surface area contributed by atoms with E-state index in [0.717, 1.165) is 38.5 Å². The Morgan fingerprint density at radius 1 is 0.440 bits per heavy atom. The molecule has 2 atom stereocenters. The van der Waals surface area contributed by atoms with Crippen LogP contribution < -0.4 is 80.8 Å². The number of aliphatic carboxylic acids is 2. The van der Waals surface area contributed by atoms with Gasteiger partial charge in [0.1, 0.15) is 12.1 Å². The molecule has 0 bridgehead atoms. The second kappa shape index (κ2) is 40.9. The SMILES string of the molecule is CCCCCCCCCCCCCC(=O)OC(=O)[C@@H](N)CC(=O)[O-].CCCCCCCCCCCCCC(=O)OC(=O)[C@@H](N)CC(=O)[O-].[Na+].[Na+]. The van der Waals surface area contributed by atoms with Gasteiger partial charge in [-0.25, -0.2) is 9.59 Å². The summed E-state index contributed by atoms with van der Waals surface area (Å²) in [7, 11) is 0. The van der Waals surface area contributed by atoms with Gasteiger partial charge >= 0.3 is 83.0 Å². The minimum atomic E-state index is -1.45. The predicted molar refractivity (Wildman–Crippen MR) is 180 cm³/mol. The van der Waals surface area contributed by atoms with Gasteiger partial charge < -0.3 is 40.7 Å². The number of rotatable bonds is 30. The molecule has 0 aromatic carbocycles. The van der Waals surface area contributed by atoms with E-state index in [1.165, 1.54) is 89.9 Å². The Morgan fingerprint density at radius 2 is 0.660 bits per heavy atom. The van der Waals surface area contributed by atoms with Crippen molar-refractivity contribution in [2.24, 2.45) is 11.5 Å². The molecule has 0 fully saturated rings. The molecule has 0 heterocycles. The number of nitrogens with two attached hydrogens (primary N) is 2. The first-order valence-electron chi connectivity index (χ1n) is 18.3. The maximum absolute atomic E-state index is 11.4. The van der Waals surface area contributed by atoms with Crippen LogP contribution in [0.25, 0.3) is 0 Å². The number of carbonyl (C=O) groups excluding carboxylic acids is 6. The van der Waals surface area contributed by atoms with Crippen molar-refractivity contribution in [1.82, 2.24) is 0 Å². The van der Waals surface area contributed by atoms with Gasteiger partial charge in [-0.1, -0.05) is 142 Å². The fourth-order valence-corrected chi connectivity index (χ4v) is 4.87. The fraction of sp³-hybridized carbons (Fsp3) is 0.833. The van der Waals surface area contributed by atoms with Crippen molar-refractivity contribution in [3.8, 4) is 0 Å². The van der Waals surface area contributed by atoms with Gasteiger partial charge in [0.05, 0.1) is 0 Å². The molecule has 0 radical (unpaired) electrons. The topological polar surface area (TPSA) is 219 Å². The largest absolute Gasteiger partial charge is 1.00 e. The third-order valence-electron chi connectivity index (χ3n) is 7.78. The summed E-state index contributed by atoms with van der Waals surface area (Å²) >= 11 is 0. The van der Waals surface area contributed by atoms with E-state index in [4.69, 9.17) is 11.5 Å². The molecule has 0 saturated carbocycles. The van der Waals surface area contributed by atoms with Gasteiger partial charge in [0.25, 0.3) is 0 Å². The molecule has 50 heavy (non-hydrogen) atoms. The van der Waals surface area contributed by atoms with E-state index in [0.29, 0.717) is 12.8 Å². The van der Waals surface area contributed by atoms with Gasteiger partial charge in [0, 0.05) is 37.6 Å². The number of ether oxygens (including phenoxy) is 2. The van der Waals surface area contributed by atoms with E-state index in [-0.39, 0.29) is 72.0 Å². The van der Waals surface area contributed by atoms with E-state index in [1.807, 2.05) is 0 Å². The first-order valence-corrected chi connectivity index (χ1v) is 18.3. The summed E-state index contributed by atoms with van der Waals surface area (Å²) in [5.74, 6) is -6.21. The number of hydrogen-bond donors (Lipinski definition) is 2. The number of carboxylic acids is 2. The first-order chi connectivity index (χ1) is 22.9. The van der Waals surface area contributed by atoms with Crippen LogP contribution in [-0.2, 0) is 38.2 Å². The van der Waals surface area contributed by atoms with Crippen molar-refractivity contribution in [1.29, 1.82) is 0 Å². The number of carboxylic acid groups (broad SMARTS) is 2. The first kappa shape index (κ1) is 55.9. The van der Waals surface area contributed by atoms with E-state index < -0.39 is 60.7 Å². The van der Waals surface area contributed by atoms with Gasteiger partial charge in [0.15, 0.2) is 0 Å². The van der Waals surface area contributed by atoms with Crippen LogP contribution in [-0.4, -0.2) is 47.9 Å².